The topological polar surface area (TPSA) is 56.7 Å². The molecule has 0 saturated heterocycles. The van der Waals surface area contributed by atoms with Crippen molar-refractivity contribution in [1.82, 2.24) is 14.5 Å². The summed E-state index contributed by atoms with van der Waals surface area (Å²) in [5.74, 6) is 4.85. The lowest BCUT2D eigenvalue weighted by Crippen LogP contribution is -2.09. The zero-order valence-electron chi connectivity index (χ0n) is 11.4. The van der Waals surface area contributed by atoms with E-state index in [1.165, 1.54) is 25.7 Å². The lowest BCUT2D eigenvalue weighted by molar-refractivity contribution is 0.622. The van der Waals surface area contributed by atoms with Crippen molar-refractivity contribution in [1.29, 1.82) is 0 Å². The van der Waals surface area contributed by atoms with Crippen molar-refractivity contribution >= 4 is 5.82 Å². The van der Waals surface area contributed by atoms with Crippen molar-refractivity contribution < 1.29 is 0 Å². The molecule has 0 unspecified atom stereocenters. The maximum atomic E-state index is 6.27. The van der Waals surface area contributed by atoms with Crippen molar-refractivity contribution in [3.63, 3.8) is 0 Å². The number of nitrogens with zero attached hydrogens (tertiary/aromatic N) is 3. The molecule has 102 valence electrons. The zero-order chi connectivity index (χ0) is 13.9. The number of anilines is 1. The fourth-order valence-corrected chi connectivity index (χ4v) is 2.95. The van der Waals surface area contributed by atoms with E-state index in [0.717, 1.165) is 17.1 Å². The van der Waals surface area contributed by atoms with Crippen LogP contribution in [-0.2, 0) is 6.54 Å². The van der Waals surface area contributed by atoms with E-state index in [1.54, 1.807) is 12.4 Å². The molecule has 3 rings (SSSR count). The minimum Gasteiger partial charge on any atom is -0.383 e. The van der Waals surface area contributed by atoms with E-state index in [0.29, 0.717) is 18.3 Å². The Morgan fingerprint density at radius 1 is 1.40 bits per heavy atom. The molecule has 4 heteroatoms. The molecule has 0 aliphatic heterocycles. The molecule has 2 aromatic heterocycles. The molecule has 1 aliphatic rings. The second-order valence-corrected chi connectivity index (χ2v) is 5.22. The number of nitrogen functional groups attached to an aromatic ring is 1. The lowest BCUT2D eigenvalue weighted by atomic mass is 10.1. The summed E-state index contributed by atoms with van der Waals surface area (Å²) >= 11 is 0. The Bertz CT molecular complexity index is 630. The van der Waals surface area contributed by atoms with Gasteiger partial charge in [-0.1, -0.05) is 18.8 Å². The van der Waals surface area contributed by atoms with Crippen molar-refractivity contribution in [3.05, 3.63) is 30.4 Å². The van der Waals surface area contributed by atoms with E-state index >= 15 is 0 Å². The van der Waals surface area contributed by atoms with Gasteiger partial charge in [0.1, 0.15) is 17.3 Å². The van der Waals surface area contributed by atoms with E-state index in [4.69, 9.17) is 17.1 Å². The first kappa shape index (κ1) is 12.7. The van der Waals surface area contributed by atoms with E-state index in [-0.39, 0.29) is 0 Å². The molecule has 4 nitrogen and oxygen atoms in total. The Morgan fingerprint density at radius 3 is 2.85 bits per heavy atom. The van der Waals surface area contributed by atoms with Crippen LogP contribution in [0.1, 0.15) is 37.4 Å². The van der Waals surface area contributed by atoms with Crippen LogP contribution >= 0.6 is 0 Å². The van der Waals surface area contributed by atoms with Crippen molar-refractivity contribution in [3.8, 4) is 23.6 Å². The monoisotopic (exact) mass is 266 g/mol. The molecule has 0 atom stereocenters. The molecule has 2 aromatic rings. The van der Waals surface area contributed by atoms with Crippen LogP contribution in [0, 0.1) is 12.3 Å². The quantitative estimate of drug-likeness (QED) is 0.869. The highest BCUT2D eigenvalue weighted by Gasteiger charge is 2.25. The van der Waals surface area contributed by atoms with Gasteiger partial charge in [-0.15, -0.1) is 6.42 Å². The number of imidazole rings is 1. The standard InChI is InChI=1S/C16H18N4/c1-2-10-20-15(17)14(13-8-5-9-18-11-13)19-16(20)12-6-3-4-7-12/h1,5,8-9,11-12H,3-4,6-7,10,17H2. The molecule has 2 N–H and O–H groups in total. The number of aromatic nitrogens is 3. The molecule has 2 heterocycles. The van der Waals surface area contributed by atoms with Gasteiger partial charge in [-0.3, -0.25) is 4.98 Å². The summed E-state index contributed by atoms with van der Waals surface area (Å²) in [6.07, 6.45) is 13.9. The number of rotatable bonds is 3. The summed E-state index contributed by atoms with van der Waals surface area (Å²) in [4.78, 5) is 8.92. The Labute approximate surface area is 119 Å². The summed E-state index contributed by atoms with van der Waals surface area (Å²) in [7, 11) is 0. The smallest absolute Gasteiger partial charge is 0.132 e. The summed E-state index contributed by atoms with van der Waals surface area (Å²) in [6.45, 7) is 0.477. The summed E-state index contributed by atoms with van der Waals surface area (Å²) in [6, 6.07) is 3.87. The van der Waals surface area contributed by atoms with Crippen molar-refractivity contribution in [2.45, 2.75) is 38.1 Å². The largest absolute Gasteiger partial charge is 0.383 e. The van der Waals surface area contributed by atoms with E-state index in [2.05, 4.69) is 10.9 Å². The van der Waals surface area contributed by atoms with Gasteiger partial charge in [0.15, 0.2) is 0 Å². The Hall–Kier alpha value is -2.28. The highest BCUT2D eigenvalue weighted by atomic mass is 15.1. The number of hydrogen-bond acceptors (Lipinski definition) is 3. The zero-order valence-corrected chi connectivity index (χ0v) is 11.4. The fourth-order valence-electron chi connectivity index (χ4n) is 2.95. The van der Waals surface area contributed by atoms with Crippen LogP contribution in [0.5, 0.6) is 0 Å². The second-order valence-electron chi connectivity index (χ2n) is 5.22. The highest BCUT2D eigenvalue weighted by molar-refractivity contribution is 5.70. The molecule has 0 aromatic carbocycles. The third-order valence-corrected chi connectivity index (χ3v) is 3.94. The van der Waals surface area contributed by atoms with Gasteiger partial charge in [0.05, 0.1) is 6.54 Å². The molecule has 1 fully saturated rings. The molecule has 1 saturated carbocycles. The summed E-state index contributed by atoms with van der Waals surface area (Å²) < 4.78 is 1.98. The molecular weight excluding hydrogens is 248 g/mol. The van der Waals surface area contributed by atoms with Crippen LogP contribution in [0.25, 0.3) is 11.3 Å². The Morgan fingerprint density at radius 2 is 2.20 bits per heavy atom. The predicted octanol–water partition coefficient (Wildman–Crippen LogP) is 2.82. The van der Waals surface area contributed by atoms with Gasteiger partial charge in [0.25, 0.3) is 0 Å². The molecule has 20 heavy (non-hydrogen) atoms. The van der Waals surface area contributed by atoms with Gasteiger partial charge in [-0.25, -0.2) is 4.98 Å². The maximum absolute atomic E-state index is 6.27. The number of hydrogen-bond donors (Lipinski definition) is 1. The van der Waals surface area contributed by atoms with Gasteiger partial charge in [0.2, 0.25) is 0 Å². The van der Waals surface area contributed by atoms with E-state index in [9.17, 15) is 0 Å². The fraction of sp³-hybridized carbons (Fsp3) is 0.375. The molecule has 0 amide bonds. The van der Waals surface area contributed by atoms with Gasteiger partial charge in [-0.05, 0) is 25.0 Å². The van der Waals surface area contributed by atoms with Crippen LogP contribution in [0.3, 0.4) is 0 Å². The molecule has 0 radical (unpaired) electrons. The summed E-state index contributed by atoms with van der Waals surface area (Å²) in [5, 5.41) is 0. The first-order chi connectivity index (χ1) is 9.81. The highest BCUT2D eigenvalue weighted by Crippen LogP contribution is 2.37. The Balaban J connectivity index is 2.08. The van der Waals surface area contributed by atoms with Gasteiger partial charge >= 0.3 is 0 Å². The van der Waals surface area contributed by atoms with Crippen LogP contribution in [-0.4, -0.2) is 14.5 Å². The minimum absolute atomic E-state index is 0.477. The van der Waals surface area contributed by atoms with E-state index in [1.807, 2.05) is 16.7 Å². The molecule has 0 bridgehead atoms. The molecular formula is C16H18N4. The SMILES string of the molecule is C#CCn1c(C2CCCC2)nc(-c2cccnc2)c1N. The normalized spacial score (nSPS) is 15.3. The van der Waals surface area contributed by atoms with Crippen molar-refractivity contribution in [2.24, 2.45) is 0 Å². The third kappa shape index (κ3) is 2.16. The van der Waals surface area contributed by atoms with Gasteiger partial charge < -0.3 is 10.3 Å². The first-order valence-corrected chi connectivity index (χ1v) is 7.01. The number of terminal acetylenes is 1. The second kappa shape index (κ2) is 5.38. The average Bonchev–Trinajstić information content (AvgIpc) is 3.10. The van der Waals surface area contributed by atoms with Gasteiger partial charge in [-0.2, -0.15) is 0 Å². The van der Waals surface area contributed by atoms with Crippen LogP contribution in [0.2, 0.25) is 0 Å². The third-order valence-electron chi connectivity index (χ3n) is 3.94. The lowest BCUT2D eigenvalue weighted by Gasteiger charge is -2.11. The first-order valence-electron chi connectivity index (χ1n) is 7.01. The Kier molecular flexibility index (Phi) is 3.42. The predicted molar refractivity (Wildman–Crippen MR) is 79.9 cm³/mol. The van der Waals surface area contributed by atoms with Gasteiger partial charge in [0, 0.05) is 23.9 Å². The maximum Gasteiger partial charge on any atom is 0.132 e. The minimum atomic E-state index is 0.477. The summed E-state index contributed by atoms with van der Waals surface area (Å²) in [5.41, 5.74) is 8.01. The average molecular weight is 266 g/mol. The van der Waals surface area contributed by atoms with E-state index < -0.39 is 0 Å². The molecule has 0 spiro atoms. The van der Waals surface area contributed by atoms with Crippen LogP contribution < -0.4 is 5.73 Å². The van der Waals surface area contributed by atoms with Crippen LogP contribution in [0.4, 0.5) is 5.82 Å². The molecule has 1 aliphatic carbocycles. The van der Waals surface area contributed by atoms with Crippen LogP contribution in [0.15, 0.2) is 24.5 Å². The number of pyridine rings is 1. The number of nitrogens with two attached hydrogens (primary N) is 1. The van der Waals surface area contributed by atoms with Crippen molar-refractivity contribution in [2.75, 3.05) is 5.73 Å².